The lowest BCUT2D eigenvalue weighted by Gasteiger charge is -2.14. The smallest absolute Gasteiger partial charge is 0.307 e. The second kappa shape index (κ2) is 5.51. The molecule has 0 heterocycles. The highest BCUT2D eigenvalue weighted by atomic mass is 35.5. The van der Waals surface area contributed by atoms with E-state index in [-0.39, 0.29) is 6.42 Å². The number of ether oxygens (including phenoxy) is 1. The van der Waals surface area contributed by atoms with Gasteiger partial charge in [-0.15, -0.1) is 0 Å². The quantitative estimate of drug-likeness (QED) is 0.789. The summed E-state index contributed by atoms with van der Waals surface area (Å²) in [6, 6.07) is 6.37. The van der Waals surface area contributed by atoms with Crippen LogP contribution in [0, 0.1) is 0 Å². The molecule has 0 aliphatic heterocycles. The van der Waals surface area contributed by atoms with E-state index in [1.54, 1.807) is 24.3 Å². The number of methoxy groups -OCH3 is 1. The topological polar surface area (TPSA) is 60.4 Å². The Morgan fingerprint density at radius 1 is 1.35 bits per heavy atom. The summed E-state index contributed by atoms with van der Waals surface area (Å²) in [5, 5.41) is -0.383. The molecule has 1 unspecified atom stereocenters. The van der Waals surface area contributed by atoms with Crippen molar-refractivity contribution in [2.45, 2.75) is 11.7 Å². The van der Waals surface area contributed by atoms with Crippen LogP contribution < -0.4 is 0 Å². The van der Waals surface area contributed by atoms with Crippen molar-refractivity contribution in [3.63, 3.8) is 0 Å². The van der Waals surface area contributed by atoms with Gasteiger partial charge in [-0.1, -0.05) is 23.7 Å². The predicted octanol–water partition coefficient (Wildman–Crippen LogP) is 1.99. The third kappa shape index (κ3) is 4.02. The van der Waals surface area contributed by atoms with Gasteiger partial charge in [-0.3, -0.25) is 4.79 Å². The number of carbonyl (C=O) groups excluding carboxylic acids is 1. The van der Waals surface area contributed by atoms with Crippen LogP contribution in [0.15, 0.2) is 24.3 Å². The summed E-state index contributed by atoms with van der Waals surface area (Å²) in [6.45, 7) is 0. The average Bonchev–Trinajstić information content (AvgIpc) is 2.25. The molecule has 0 N–H and O–H groups in total. The van der Waals surface area contributed by atoms with Gasteiger partial charge >= 0.3 is 5.97 Å². The molecule has 0 amide bonds. The van der Waals surface area contributed by atoms with Gasteiger partial charge in [0, 0.05) is 11.3 Å². The predicted molar refractivity (Wildman–Crippen MR) is 65.7 cm³/mol. The maximum absolute atomic E-state index is 11.6. The average molecular weight is 277 g/mol. The Morgan fingerprint density at radius 3 is 2.29 bits per heavy atom. The van der Waals surface area contributed by atoms with Crippen LogP contribution in [0.25, 0.3) is 0 Å². The number of esters is 1. The molecule has 0 aliphatic carbocycles. The van der Waals surface area contributed by atoms with Crippen LogP contribution >= 0.6 is 11.6 Å². The van der Waals surface area contributed by atoms with Gasteiger partial charge in [-0.2, -0.15) is 0 Å². The molecule has 0 aliphatic rings. The summed E-state index contributed by atoms with van der Waals surface area (Å²) < 4.78 is 27.7. The third-order valence-corrected chi connectivity index (χ3v) is 4.06. The van der Waals surface area contributed by atoms with Crippen molar-refractivity contribution in [2.24, 2.45) is 0 Å². The number of hydrogen-bond acceptors (Lipinski definition) is 4. The van der Waals surface area contributed by atoms with Gasteiger partial charge in [0.05, 0.1) is 18.8 Å². The van der Waals surface area contributed by atoms with Gasteiger partial charge < -0.3 is 4.74 Å². The molecule has 0 bridgehead atoms. The summed E-state index contributed by atoms with van der Waals surface area (Å²) >= 11 is 5.72. The molecule has 0 spiro atoms. The zero-order valence-electron chi connectivity index (χ0n) is 9.51. The van der Waals surface area contributed by atoms with Crippen molar-refractivity contribution in [3.8, 4) is 0 Å². The van der Waals surface area contributed by atoms with Crippen LogP contribution in [-0.2, 0) is 19.4 Å². The monoisotopic (exact) mass is 276 g/mol. The summed E-state index contributed by atoms with van der Waals surface area (Å²) in [6.07, 6.45) is 0.895. The van der Waals surface area contributed by atoms with Crippen molar-refractivity contribution in [1.29, 1.82) is 0 Å². The first-order chi connectivity index (χ1) is 7.84. The van der Waals surface area contributed by atoms with E-state index in [0.29, 0.717) is 10.6 Å². The molecule has 1 rings (SSSR count). The van der Waals surface area contributed by atoms with E-state index in [0.717, 1.165) is 6.26 Å². The highest BCUT2D eigenvalue weighted by molar-refractivity contribution is 7.90. The second-order valence-electron chi connectivity index (χ2n) is 3.65. The Kier molecular flexibility index (Phi) is 4.54. The van der Waals surface area contributed by atoms with Crippen LogP contribution in [0.4, 0.5) is 0 Å². The van der Waals surface area contributed by atoms with Gasteiger partial charge in [0.25, 0.3) is 0 Å². The minimum absolute atomic E-state index is 0.197. The summed E-state index contributed by atoms with van der Waals surface area (Å²) in [5.41, 5.74) is 0.530. The molecule has 0 radical (unpaired) electrons. The first kappa shape index (κ1) is 14.0. The van der Waals surface area contributed by atoms with Gasteiger partial charge in [-0.25, -0.2) is 8.42 Å². The van der Waals surface area contributed by atoms with Crippen molar-refractivity contribution in [1.82, 2.24) is 0 Å². The number of rotatable bonds is 4. The molecule has 94 valence electrons. The first-order valence-corrected chi connectivity index (χ1v) is 7.19. The fourth-order valence-corrected chi connectivity index (χ4v) is 2.64. The molecule has 1 atom stereocenters. The molecular weight excluding hydrogens is 264 g/mol. The van der Waals surface area contributed by atoms with Crippen molar-refractivity contribution >= 4 is 27.4 Å². The van der Waals surface area contributed by atoms with E-state index in [4.69, 9.17) is 11.6 Å². The Bertz CT molecular complexity index is 493. The molecule has 0 fully saturated rings. The number of carbonyl (C=O) groups is 1. The molecule has 0 saturated heterocycles. The lowest BCUT2D eigenvalue weighted by Crippen LogP contribution is -2.16. The normalized spacial score (nSPS) is 13.1. The largest absolute Gasteiger partial charge is 0.469 e. The standard InChI is InChI=1S/C11H13ClO4S/c1-16-11(13)7-10(17(2,14)15)8-3-5-9(12)6-4-8/h3-6,10H,7H2,1-2H3. The maximum Gasteiger partial charge on any atom is 0.307 e. The Balaban J connectivity index is 3.07. The fourth-order valence-electron chi connectivity index (χ4n) is 1.43. The third-order valence-electron chi connectivity index (χ3n) is 2.34. The zero-order valence-corrected chi connectivity index (χ0v) is 11.1. The maximum atomic E-state index is 11.6. The zero-order chi connectivity index (χ0) is 13.1. The van der Waals surface area contributed by atoms with Crippen molar-refractivity contribution < 1.29 is 17.9 Å². The molecule has 4 nitrogen and oxygen atoms in total. The lowest BCUT2D eigenvalue weighted by molar-refractivity contribution is -0.140. The molecule has 6 heteroatoms. The molecule has 17 heavy (non-hydrogen) atoms. The van der Waals surface area contributed by atoms with Crippen LogP contribution in [0.3, 0.4) is 0 Å². The van der Waals surface area contributed by atoms with Crippen LogP contribution in [0.1, 0.15) is 17.2 Å². The number of hydrogen-bond donors (Lipinski definition) is 0. The number of benzene rings is 1. The Morgan fingerprint density at radius 2 is 1.88 bits per heavy atom. The minimum Gasteiger partial charge on any atom is -0.469 e. The van der Waals surface area contributed by atoms with Gasteiger partial charge in [0.2, 0.25) is 0 Å². The van der Waals surface area contributed by atoms with E-state index in [1.165, 1.54) is 7.11 Å². The van der Waals surface area contributed by atoms with E-state index in [9.17, 15) is 13.2 Å². The van der Waals surface area contributed by atoms with Crippen LogP contribution in [-0.4, -0.2) is 27.8 Å². The fraction of sp³-hybridized carbons (Fsp3) is 0.364. The number of halogens is 1. The molecule has 0 saturated carbocycles. The molecule has 0 aromatic heterocycles. The van der Waals surface area contributed by atoms with Gasteiger partial charge in [-0.05, 0) is 17.7 Å². The number of sulfone groups is 1. The minimum atomic E-state index is -3.38. The molecular formula is C11H13ClO4S. The van der Waals surface area contributed by atoms with Gasteiger partial charge in [0.1, 0.15) is 0 Å². The van der Waals surface area contributed by atoms with Crippen LogP contribution in [0.5, 0.6) is 0 Å². The van der Waals surface area contributed by atoms with Crippen molar-refractivity contribution in [3.05, 3.63) is 34.9 Å². The van der Waals surface area contributed by atoms with E-state index < -0.39 is 21.1 Å². The second-order valence-corrected chi connectivity index (χ2v) is 6.31. The lowest BCUT2D eigenvalue weighted by atomic mass is 10.1. The highest BCUT2D eigenvalue weighted by Crippen LogP contribution is 2.26. The summed E-state index contributed by atoms with van der Waals surface area (Å²) in [4.78, 5) is 11.2. The highest BCUT2D eigenvalue weighted by Gasteiger charge is 2.26. The summed E-state index contributed by atoms with van der Waals surface area (Å²) in [5.74, 6) is -0.560. The summed E-state index contributed by atoms with van der Waals surface area (Å²) in [7, 11) is -2.15. The Hall–Kier alpha value is -1.07. The molecule has 1 aromatic carbocycles. The van der Waals surface area contributed by atoms with Crippen molar-refractivity contribution in [2.75, 3.05) is 13.4 Å². The van der Waals surface area contributed by atoms with E-state index in [1.807, 2.05) is 0 Å². The van der Waals surface area contributed by atoms with Crippen LogP contribution in [0.2, 0.25) is 5.02 Å². The van der Waals surface area contributed by atoms with E-state index in [2.05, 4.69) is 4.74 Å². The first-order valence-electron chi connectivity index (χ1n) is 4.85. The Labute approximate surface area is 105 Å². The SMILES string of the molecule is COC(=O)CC(c1ccc(Cl)cc1)S(C)(=O)=O. The van der Waals surface area contributed by atoms with E-state index >= 15 is 0 Å². The molecule has 1 aromatic rings. The van der Waals surface area contributed by atoms with Gasteiger partial charge in [0.15, 0.2) is 9.84 Å².